The van der Waals surface area contributed by atoms with Crippen molar-refractivity contribution in [2.75, 3.05) is 26.4 Å². The SMILES string of the molecule is O=C(c1cnccn1)N1CCOCCCCOc2ccc(F)cc2C1. The summed E-state index contributed by atoms with van der Waals surface area (Å²) in [5.74, 6) is -0.0404. The number of nitrogens with zero attached hydrogens (tertiary/aromatic N) is 3. The van der Waals surface area contributed by atoms with Gasteiger partial charge in [0.1, 0.15) is 17.3 Å². The first-order chi connectivity index (χ1) is 12.2. The van der Waals surface area contributed by atoms with Crippen molar-refractivity contribution in [2.24, 2.45) is 0 Å². The Morgan fingerprint density at radius 2 is 2.04 bits per heavy atom. The van der Waals surface area contributed by atoms with Crippen LogP contribution in [0.4, 0.5) is 4.39 Å². The minimum absolute atomic E-state index is 0.214. The first kappa shape index (κ1) is 17.3. The van der Waals surface area contributed by atoms with Gasteiger partial charge in [-0.2, -0.15) is 0 Å². The molecular formula is C18H20FN3O3. The molecule has 2 heterocycles. The number of hydrogen-bond donors (Lipinski definition) is 0. The Labute approximate surface area is 145 Å². The van der Waals surface area contributed by atoms with Gasteiger partial charge < -0.3 is 14.4 Å². The number of carbonyl (C=O) groups excluding carboxylic acids is 1. The largest absolute Gasteiger partial charge is 0.493 e. The first-order valence-electron chi connectivity index (χ1n) is 8.28. The van der Waals surface area contributed by atoms with Gasteiger partial charge in [0.25, 0.3) is 5.91 Å². The van der Waals surface area contributed by atoms with Gasteiger partial charge in [0, 0.05) is 37.7 Å². The fourth-order valence-electron chi connectivity index (χ4n) is 2.61. The molecule has 1 amide bonds. The van der Waals surface area contributed by atoms with E-state index in [0.717, 1.165) is 12.8 Å². The summed E-state index contributed by atoms with van der Waals surface area (Å²) in [5.41, 5.74) is 0.867. The summed E-state index contributed by atoms with van der Waals surface area (Å²) in [6, 6.07) is 4.37. The summed E-state index contributed by atoms with van der Waals surface area (Å²) in [5, 5.41) is 0. The highest BCUT2D eigenvalue weighted by atomic mass is 19.1. The zero-order valence-electron chi connectivity index (χ0n) is 13.9. The van der Waals surface area contributed by atoms with Crippen LogP contribution < -0.4 is 4.74 Å². The Kier molecular flexibility index (Phi) is 5.90. The Hall–Kier alpha value is -2.54. The molecule has 6 nitrogen and oxygen atoms in total. The molecule has 0 unspecified atom stereocenters. The number of carbonyl (C=O) groups is 1. The first-order valence-corrected chi connectivity index (χ1v) is 8.28. The Morgan fingerprint density at radius 3 is 2.88 bits per heavy atom. The summed E-state index contributed by atoms with van der Waals surface area (Å²) in [6.45, 7) is 2.15. The molecule has 2 aromatic rings. The topological polar surface area (TPSA) is 64.6 Å². The van der Waals surface area contributed by atoms with E-state index >= 15 is 0 Å². The highest BCUT2D eigenvalue weighted by molar-refractivity contribution is 5.92. The minimum Gasteiger partial charge on any atom is -0.493 e. The third kappa shape index (κ3) is 4.73. The number of halogens is 1. The molecule has 0 bridgehead atoms. The summed E-state index contributed by atoms with van der Waals surface area (Å²) in [4.78, 5) is 22.3. The van der Waals surface area contributed by atoms with E-state index in [1.54, 1.807) is 11.0 Å². The maximum atomic E-state index is 13.7. The zero-order chi connectivity index (χ0) is 17.5. The van der Waals surface area contributed by atoms with E-state index in [1.807, 2.05) is 0 Å². The van der Waals surface area contributed by atoms with Crippen LogP contribution in [0.1, 0.15) is 28.9 Å². The van der Waals surface area contributed by atoms with Gasteiger partial charge in [0.2, 0.25) is 0 Å². The van der Waals surface area contributed by atoms with Crippen molar-refractivity contribution in [2.45, 2.75) is 19.4 Å². The second-order valence-electron chi connectivity index (χ2n) is 5.74. The van der Waals surface area contributed by atoms with Gasteiger partial charge in [-0.05, 0) is 31.0 Å². The lowest BCUT2D eigenvalue weighted by atomic mass is 10.1. The standard InChI is InChI=1S/C18H20FN3O3/c19-15-3-4-17-14(11-15)13-22(7-10-24-8-1-2-9-25-17)18(23)16-12-20-5-6-21-16/h3-6,11-12H,1-2,7-10,13H2. The zero-order valence-corrected chi connectivity index (χ0v) is 13.9. The third-order valence-corrected chi connectivity index (χ3v) is 3.90. The van der Waals surface area contributed by atoms with Crippen LogP contribution in [0.25, 0.3) is 0 Å². The van der Waals surface area contributed by atoms with Crippen molar-refractivity contribution in [3.05, 3.63) is 53.9 Å². The van der Waals surface area contributed by atoms with Crippen LogP contribution in [-0.4, -0.2) is 47.1 Å². The quantitative estimate of drug-likeness (QED) is 0.794. The number of fused-ring (bicyclic) bond motifs is 1. The summed E-state index contributed by atoms with van der Waals surface area (Å²) < 4.78 is 25.0. The highest BCUT2D eigenvalue weighted by Gasteiger charge is 2.20. The van der Waals surface area contributed by atoms with E-state index in [9.17, 15) is 9.18 Å². The molecule has 0 fully saturated rings. The Bertz CT molecular complexity index is 712. The normalized spacial score (nSPS) is 16.1. The maximum Gasteiger partial charge on any atom is 0.274 e. The second kappa shape index (κ2) is 8.53. The molecule has 0 radical (unpaired) electrons. The van der Waals surface area contributed by atoms with E-state index in [4.69, 9.17) is 9.47 Å². The van der Waals surface area contributed by atoms with Gasteiger partial charge in [-0.3, -0.25) is 9.78 Å². The van der Waals surface area contributed by atoms with Crippen molar-refractivity contribution in [3.63, 3.8) is 0 Å². The van der Waals surface area contributed by atoms with Gasteiger partial charge >= 0.3 is 0 Å². The number of ether oxygens (including phenoxy) is 2. The van der Waals surface area contributed by atoms with Crippen molar-refractivity contribution in [3.8, 4) is 5.75 Å². The molecule has 0 N–H and O–H groups in total. The summed E-state index contributed by atoms with van der Waals surface area (Å²) in [6.07, 6.45) is 6.13. The fourth-order valence-corrected chi connectivity index (χ4v) is 2.61. The smallest absolute Gasteiger partial charge is 0.274 e. The van der Waals surface area contributed by atoms with Crippen molar-refractivity contribution in [1.82, 2.24) is 14.9 Å². The molecule has 1 aliphatic rings. The molecular weight excluding hydrogens is 325 g/mol. The number of hydrogen-bond acceptors (Lipinski definition) is 5. The average Bonchev–Trinajstić information content (AvgIpc) is 2.63. The predicted octanol–water partition coefficient (Wildman–Crippen LogP) is 2.45. The number of rotatable bonds is 1. The molecule has 3 rings (SSSR count). The molecule has 132 valence electrons. The summed E-state index contributed by atoms with van der Waals surface area (Å²) in [7, 11) is 0. The van der Waals surface area contributed by atoms with Crippen LogP contribution in [-0.2, 0) is 11.3 Å². The number of aromatic nitrogens is 2. The molecule has 25 heavy (non-hydrogen) atoms. The lowest BCUT2D eigenvalue weighted by Gasteiger charge is -2.24. The predicted molar refractivity (Wildman–Crippen MR) is 88.7 cm³/mol. The Morgan fingerprint density at radius 1 is 1.16 bits per heavy atom. The lowest BCUT2D eigenvalue weighted by Crippen LogP contribution is -2.34. The van der Waals surface area contributed by atoms with E-state index < -0.39 is 0 Å². The Balaban J connectivity index is 1.87. The molecule has 0 aliphatic carbocycles. The van der Waals surface area contributed by atoms with E-state index in [-0.39, 0.29) is 24.0 Å². The van der Waals surface area contributed by atoms with Crippen LogP contribution in [0, 0.1) is 5.82 Å². The number of benzene rings is 1. The second-order valence-corrected chi connectivity index (χ2v) is 5.74. The monoisotopic (exact) mass is 345 g/mol. The van der Waals surface area contributed by atoms with Crippen molar-refractivity contribution < 1.29 is 18.7 Å². The molecule has 1 aliphatic heterocycles. The van der Waals surface area contributed by atoms with Crippen LogP contribution in [0.5, 0.6) is 5.75 Å². The highest BCUT2D eigenvalue weighted by Crippen LogP contribution is 2.23. The molecule has 0 saturated heterocycles. The van der Waals surface area contributed by atoms with Gasteiger partial charge in [-0.25, -0.2) is 9.37 Å². The van der Waals surface area contributed by atoms with E-state index in [0.29, 0.717) is 37.7 Å². The van der Waals surface area contributed by atoms with Gasteiger partial charge in [0.15, 0.2) is 0 Å². The molecule has 0 atom stereocenters. The van der Waals surface area contributed by atoms with Crippen LogP contribution in [0.3, 0.4) is 0 Å². The molecule has 1 aromatic heterocycles. The molecule has 0 spiro atoms. The molecule has 7 heteroatoms. The fraction of sp³-hybridized carbons (Fsp3) is 0.389. The van der Waals surface area contributed by atoms with Gasteiger partial charge in [-0.15, -0.1) is 0 Å². The number of amides is 1. The van der Waals surface area contributed by atoms with Gasteiger partial charge in [-0.1, -0.05) is 0 Å². The molecule has 1 aromatic carbocycles. The van der Waals surface area contributed by atoms with Crippen molar-refractivity contribution >= 4 is 5.91 Å². The van der Waals surface area contributed by atoms with Crippen LogP contribution >= 0.6 is 0 Å². The summed E-state index contributed by atoms with van der Waals surface area (Å²) >= 11 is 0. The van der Waals surface area contributed by atoms with Crippen LogP contribution in [0.15, 0.2) is 36.8 Å². The molecule has 0 saturated carbocycles. The average molecular weight is 345 g/mol. The van der Waals surface area contributed by atoms with Crippen molar-refractivity contribution in [1.29, 1.82) is 0 Å². The van der Waals surface area contributed by atoms with Gasteiger partial charge in [0.05, 0.1) is 19.4 Å². The lowest BCUT2D eigenvalue weighted by molar-refractivity contribution is 0.0602. The maximum absolute atomic E-state index is 13.7. The third-order valence-electron chi connectivity index (χ3n) is 3.90. The van der Waals surface area contributed by atoms with Crippen LogP contribution in [0.2, 0.25) is 0 Å². The minimum atomic E-state index is -0.363. The van der Waals surface area contributed by atoms with E-state index in [2.05, 4.69) is 9.97 Å². The van der Waals surface area contributed by atoms with E-state index in [1.165, 1.54) is 30.7 Å².